The number of rotatable bonds is 3. The van der Waals surface area contributed by atoms with Crippen LogP contribution < -0.4 is 5.56 Å². The van der Waals surface area contributed by atoms with Gasteiger partial charge in [-0.25, -0.2) is 9.97 Å². The van der Waals surface area contributed by atoms with Gasteiger partial charge in [-0.3, -0.25) is 9.36 Å². The van der Waals surface area contributed by atoms with Gasteiger partial charge in [-0.1, -0.05) is 30.3 Å². The van der Waals surface area contributed by atoms with Crippen LogP contribution in [0.15, 0.2) is 72.0 Å². The van der Waals surface area contributed by atoms with E-state index in [2.05, 4.69) is 19.9 Å². The molecule has 6 heteroatoms. The molecule has 0 unspecified atom stereocenters. The lowest BCUT2D eigenvalue weighted by molar-refractivity contribution is 0.972. The number of nitrogens with one attached hydrogen (secondary N) is 2. The molecule has 0 fully saturated rings. The number of imidazole rings is 1. The van der Waals surface area contributed by atoms with Crippen molar-refractivity contribution in [2.24, 2.45) is 0 Å². The molecule has 5 rings (SSSR count). The molecule has 1 aromatic carbocycles. The molecule has 126 valence electrons. The average Bonchev–Trinajstić information content (AvgIpc) is 3.24. The van der Waals surface area contributed by atoms with E-state index in [-0.39, 0.29) is 5.56 Å². The summed E-state index contributed by atoms with van der Waals surface area (Å²) < 4.78 is 1.60. The summed E-state index contributed by atoms with van der Waals surface area (Å²) in [6.45, 7) is 0. The number of benzene rings is 1. The third kappa shape index (κ3) is 2.31. The first-order chi connectivity index (χ1) is 12.8. The van der Waals surface area contributed by atoms with Gasteiger partial charge in [-0.15, -0.1) is 0 Å². The van der Waals surface area contributed by atoms with Crippen LogP contribution in [0.3, 0.4) is 0 Å². The van der Waals surface area contributed by atoms with Gasteiger partial charge in [0, 0.05) is 42.2 Å². The normalized spacial score (nSPS) is 11.4. The van der Waals surface area contributed by atoms with Gasteiger partial charge in [-0.05, 0) is 17.7 Å². The van der Waals surface area contributed by atoms with Crippen molar-refractivity contribution in [3.05, 3.63) is 88.9 Å². The summed E-state index contributed by atoms with van der Waals surface area (Å²) in [6, 6.07) is 13.8. The molecule has 0 bridgehead atoms. The summed E-state index contributed by atoms with van der Waals surface area (Å²) in [5.74, 6) is 0.614. The van der Waals surface area contributed by atoms with Crippen LogP contribution in [-0.2, 0) is 6.42 Å². The maximum Gasteiger partial charge on any atom is 0.278 e. The van der Waals surface area contributed by atoms with Crippen LogP contribution in [0.1, 0.15) is 11.3 Å². The van der Waals surface area contributed by atoms with Crippen LogP contribution in [0.4, 0.5) is 0 Å². The van der Waals surface area contributed by atoms with Crippen molar-refractivity contribution in [2.45, 2.75) is 6.42 Å². The number of pyridine rings is 1. The van der Waals surface area contributed by atoms with Gasteiger partial charge >= 0.3 is 0 Å². The molecule has 2 aliphatic rings. The van der Waals surface area contributed by atoms with Crippen molar-refractivity contribution in [3.8, 4) is 17.1 Å². The van der Waals surface area contributed by atoms with E-state index in [9.17, 15) is 4.79 Å². The average molecular weight is 341 g/mol. The fourth-order valence-electron chi connectivity index (χ4n) is 3.25. The molecule has 0 spiro atoms. The van der Waals surface area contributed by atoms with Crippen LogP contribution in [0.2, 0.25) is 0 Å². The zero-order valence-corrected chi connectivity index (χ0v) is 13.8. The van der Waals surface area contributed by atoms with Crippen LogP contribution in [0.25, 0.3) is 28.1 Å². The molecule has 2 N–H and O–H groups in total. The standard InChI is InChI=1S/C20H15N5O/c26-20-16(9-13-5-2-1-3-6-13)24-18-11-22-17(12-25(18)20)15-10-23-19-14(15)7-4-8-21-19/h1-8,10-12,22H,9H2,(H,21,23). The van der Waals surface area contributed by atoms with E-state index in [1.165, 1.54) is 0 Å². The Morgan fingerprint density at radius 2 is 1.88 bits per heavy atom. The van der Waals surface area contributed by atoms with Gasteiger partial charge in [0.25, 0.3) is 5.56 Å². The number of hydrogen-bond donors (Lipinski definition) is 2. The Bertz CT molecular complexity index is 1230. The lowest BCUT2D eigenvalue weighted by atomic mass is 10.1. The highest BCUT2D eigenvalue weighted by molar-refractivity contribution is 5.92. The highest BCUT2D eigenvalue weighted by Crippen LogP contribution is 2.26. The minimum absolute atomic E-state index is 0.0860. The smallest absolute Gasteiger partial charge is 0.278 e. The first-order valence-electron chi connectivity index (χ1n) is 8.36. The molecule has 0 atom stereocenters. The fourth-order valence-corrected chi connectivity index (χ4v) is 3.25. The SMILES string of the molecule is O=c1c(Cc2ccccc2)nc2c[nH]c(-c3c[nH]c4ncccc34)cn1-2. The number of H-pyrrole nitrogens is 2. The molecule has 0 saturated carbocycles. The fraction of sp³-hybridized carbons (Fsp3) is 0.0500. The monoisotopic (exact) mass is 341 g/mol. The first kappa shape index (κ1) is 14.7. The summed E-state index contributed by atoms with van der Waals surface area (Å²) in [4.78, 5) is 28.0. The minimum atomic E-state index is -0.0860. The summed E-state index contributed by atoms with van der Waals surface area (Å²) >= 11 is 0. The Labute approximate surface area is 148 Å². The van der Waals surface area contributed by atoms with Crippen molar-refractivity contribution in [1.29, 1.82) is 0 Å². The van der Waals surface area contributed by atoms with Gasteiger partial charge in [0.1, 0.15) is 11.3 Å². The Kier molecular flexibility index (Phi) is 3.21. The van der Waals surface area contributed by atoms with Gasteiger partial charge in [-0.2, -0.15) is 0 Å². The van der Waals surface area contributed by atoms with Gasteiger partial charge in [0.05, 0.1) is 5.69 Å². The second-order valence-corrected chi connectivity index (χ2v) is 6.19. The molecule has 0 amide bonds. The number of aromatic amines is 2. The van der Waals surface area contributed by atoms with Crippen molar-refractivity contribution in [2.75, 3.05) is 0 Å². The van der Waals surface area contributed by atoms with Crippen LogP contribution in [0.5, 0.6) is 0 Å². The maximum atomic E-state index is 12.8. The van der Waals surface area contributed by atoms with E-state index in [0.717, 1.165) is 27.9 Å². The van der Waals surface area contributed by atoms with Gasteiger partial charge in [0.2, 0.25) is 0 Å². The molecule has 3 aromatic rings. The van der Waals surface area contributed by atoms with Crippen molar-refractivity contribution in [3.63, 3.8) is 0 Å². The zero-order valence-electron chi connectivity index (χ0n) is 13.8. The van der Waals surface area contributed by atoms with E-state index < -0.39 is 0 Å². The predicted molar refractivity (Wildman–Crippen MR) is 99.7 cm³/mol. The second-order valence-electron chi connectivity index (χ2n) is 6.19. The number of hydrogen-bond acceptors (Lipinski definition) is 3. The quantitative estimate of drug-likeness (QED) is 0.529. The third-order valence-electron chi connectivity index (χ3n) is 4.53. The minimum Gasteiger partial charge on any atom is -0.357 e. The van der Waals surface area contributed by atoms with E-state index in [1.807, 2.05) is 48.7 Å². The number of fused-ring (bicyclic) bond motifs is 2. The second kappa shape index (κ2) is 5.70. The van der Waals surface area contributed by atoms with E-state index in [4.69, 9.17) is 0 Å². The van der Waals surface area contributed by atoms with Gasteiger partial charge < -0.3 is 9.97 Å². The van der Waals surface area contributed by atoms with Crippen LogP contribution in [-0.4, -0.2) is 24.5 Å². The van der Waals surface area contributed by atoms with Crippen molar-refractivity contribution < 1.29 is 0 Å². The lowest BCUT2D eigenvalue weighted by Gasteiger charge is -2.05. The topological polar surface area (TPSA) is 79.4 Å². The third-order valence-corrected chi connectivity index (χ3v) is 4.53. The summed E-state index contributed by atoms with van der Waals surface area (Å²) in [7, 11) is 0. The van der Waals surface area contributed by atoms with E-state index >= 15 is 0 Å². The van der Waals surface area contributed by atoms with Crippen LogP contribution >= 0.6 is 0 Å². The molecule has 2 aliphatic heterocycles. The zero-order chi connectivity index (χ0) is 17.5. The summed E-state index contributed by atoms with van der Waals surface area (Å²) in [5, 5.41) is 1.00. The Hall–Kier alpha value is -3.67. The van der Waals surface area contributed by atoms with Crippen molar-refractivity contribution >= 4 is 11.0 Å². The largest absolute Gasteiger partial charge is 0.357 e. The van der Waals surface area contributed by atoms with E-state index in [1.54, 1.807) is 23.2 Å². The maximum absolute atomic E-state index is 12.8. The van der Waals surface area contributed by atoms with E-state index in [0.29, 0.717) is 17.9 Å². The first-order valence-corrected chi connectivity index (χ1v) is 8.36. The molecule has 6 nitrogen and oxygen atoms in total. The lowest BCUT2D eigenvalue weighted by Crippen LogP contribution is -2.15. The highest BCUT2D eigenvalue weighted by Gasteiger charge is 2.16. The van der Waals surface area contributed by atoms with Crippen molar-refractivity contribution in [1.82, 2.24) is 24.5 Å². The Balaban J connectivity index is 1.61. The molecule has 4 heterocycles. The molecule has 26 heavy (non-hydrogen) atoms. The highest BCUT2D eigenvalue weighted by atomic mass is 16.1. The molecule has 2 aromatic heterocycles. The summed E-state index contributed by atoms with van der Waals surface area (Å²) in [6.07, 6.45) is 7.72. The molecular formula is C20H15N5O. The number of aromatic nitrogens is 5. The van der Waals surface area contributed by atoms with Gasteiger partial charge in [0.15, 0.2) is 5.82 Å². The summed E-state index contributed by atoms with van der Waals surface area (Å²) in [5.41, 5.74) is 4.14. The molecule has 0 aliphatic carbocycles. The Morgan fingerprint density at radius 1 is 1.00 bits per heavy atom. The Morgan fingerprint density at radius 3 is 2.77 bits per heavy atom. The number of nitrogens with zero attached hydrogens (tertiary/aromatic N) is 3. The van der Waals surface area contributed by atoms with Crippen LogP contribution in [0, 0.1) is 0 Å². The molecule has 0 radical (unpaired) electrons. The molecular weight excluding hydrogens is 326 g/mol. The predicted octanol–water partition coefficient (Wildman–Crippen LogP) is 3.13. The molecule has 0 saturated heterocycles.